The Kier molecular flexibility index (Phi) is 5.73. The number of sulfonamides is 1. The van der Waals surface area contributed by atoms with Crippen molar-refractivity contribution in [1.29, 1.82) is 0 Å². The molecule has 0 spiro atoms. The van der Waals surface area contributed by atoms with Crippen molar-refractivity contribution in [3.63, 3.8) is 0 Å². The van der Waals surface area contributed by atoms with Crippen LogP contribution in [0.15, 0.2) is 53.4 Å². The number of nitrogens with zero attached hydrogens (tertiary/aromatic N) is 1. The summed E-state index contributed by atoms with van der Waals surface area (Å²) in [5.74, 6) is -0.320. The molecule has 6 nitrogen and oxygen atoms in total. The van der Waals surface area contributed by atoms with Crippen LogP contribution in [0.25, 0.3) is 0 Å². The van der Waals surface area contributed by atoms with E-state index in [0.29, 0.717) is 11.3 Å². The van der Waals surface area contributed by atoms with Crippen LogP contribution in [-0.2, 0) is 20.3 Å². The van der Waals surface area contributed by atoms with Crippen molar-refractivity contribution in [2.24, 2.45) is 0 Å². The first-order chi connectivity index (χ1) is 12.0. The summed E-state index contributed by atoms with van der Waals surface area (Å²) in [7, 11) is -0.805. The van der Waals surface area contributed by atoms with Crippen LogP contribution in [0, 0.1) is 0 Å². The molecule has 0 atom stereocenters. The number of anilines is 1. The van der Waals surface area contributed by atoms with E-state index in [-0.39, 0.29) is 16.2 Å². The molecule has 1 amide bonds. The maximum atomic E-state index is 12.5. The fourth-order valence-corrected chi connectivity index (χ4v) is 3.35. The molecule has 0 saturated heterocycles. The van der Waals surface area contributed by atoms with Crippen molar-refractivity contribution in [3.05, 3.63) is 59.7 Å². The first-order valence-electron chi connectivity index (χ1n) is 8.10. The summed E-state index contributed by atoms with van der Waals surface area (Å²) in [6, 6.07) is 13.0. The number of hydroxylamine groups is 2. The van der Waals surface area contributed by atoms with E-state index in [1.165, 1.54) is 26.3 Å². The number of rotatable bonds is 5. The fraction of sp³-hybridized carbons (Fsp3) is 0.316. The standard InChI is InChI=1S/C19H24N2O4S/c1-19(2,3)15-8-12-17(13-9-15)26(23,24)20-16-10-6-14(7-11-16)18(22)21(4)25-5/h6-13,20H,1-5H3. The van der Waals surface area contributed by atoms with Gasteiger partial charge in [-0.3, -0.25) is 14.4 Å². The Morgan fingerprint density at radius 3 is 2.00 bits per heavy atom. The number of carbonyl (C=O) groups excluding carboxylic acids is 1. The summed E-state index contributed by atoms with van der Waals surface area (Å²) >= 11 is 0. The van der Waals surface area contributed by atoms with Crippen LogP contribution < -0.4 is 4.72 Å². The fourth-order valence-electron chi connectivity index (χ4n) is 2.29. The molecule has 0 fully saturated rings. The van der Waals surface area contributed by atoms with Crippen LogP contribution in [-0.4, -0.2) is 33.5 Å². The Labute approximate surface area is 154 Å². The average Bonchev–Trinajstić information content (AvgIpc) is 2.60. The highest BCUT2D eigenvalue weighted by molar-refractivity contribution is 7.92. The Balaban J connectivity index is 2.18. The molecule has 2 aromatic rings. The molecule has 0 unspecified atom stereocenters. The molecule has 0 bridgehead atoms. The van der Waals surface area contributed by atoms with Gasteiger partial charge in [-0.05, 0) is 47.4 Å². The molecule has 2 aromatic carbocycles. The van der Waals surface area contributed by atoms with Gasteiger partial charge in [0.25, 0.3) is 15.9 Å². The summed E-state index contributed by atoms with van der Waals surface area (Å²) in [4.78, 5) is 17.0. The lowest BCUT2D eigenvalue weighted by Gasteiger charge is -2.19. The summed E-state index contributed by atoms with van der Waals surface area (Å²) in [5, 5.41) is 1.09. The quantitative estimate of drug-likeness (QED) is 0.812. The number of carbonyl (C=O) groups is 1. The van der Waals surface area contributed by atoms with Gasteiger partial charge in [0.1, 0.15) is 0 Å². The van der Waals surface area contributed by atoms with E-state index >= 15 is 0 Å². The van der Waals surface area contributed by atoms with Crippen molar-refractivity contribution in [3.8, 4) is 0 Å². The highest BCUT2D eigenvalue weighted by atomic mass is 32.2. The number of amides is 1. The van der Waals surface area contributed by atoms with Crippen molar-refractivity contribution in [2.75, 3.05) is 18.9 Å². The van der Waals surface area contributed by atoms with Gasteiger partial charge in [0.05, 0.1) is 12.0 Å². The molecule has 0 aromatic heterocycles. The Morgan fingerprint density at radius 2 is 1.54 bits per heavy atom. The van der Waals surface area contributed by atoms with Gasteiger partial charge in [0.2, 0.25) is 0 Å². The first kappa shape index (κ1) is 19.9. The maximum absolute atomic E-state index is 12.5. The number of benzene rings is 2. The Hall–Kier alpha value is -2.38. The van der Waals surface area contributed by atoms with Crippen molar-refractivity contribution in [1.82, 2.24) is 5.06 Å². The van der Waals surface area contributed by atoms with Crippen molar-refractivity contribution in [2.45, 2.75) is 31.1 Å². The molecule has 140 valence electrons. The molecule has 0 radical (unpaired) electrons. The lowest BCUT2D eigenvalue weighted by Crippen LogP contribution is -2.25. The summed E-state index contributed by atoms with van der Waals surface area (Å²) < 4.78 is 27.6. The van der Waals surface area contributed by atoms with Crippen LogP contribution in [0.2, 0.25) is 0 Å². The molecule has 1 N–H and O–H groups in total. The van der Waals surface area contributed by atoms with E-state index < -0.39 is 10.0 Å². The minimum Gasteiger partial charge on any atom is -0.280 e. The largest absolute Gasteiger partial charge is 0.280 e. The van der Waals surface area contributed by atoms with Gasteiger partial charge < -0.3 is 0 Å². The average molecular weight is 376 g/mol. The molecule has 0 aliphatic rings. The van der Waals surface area contributed by atoms with Crippen LogP contribution >= 0.6 is 0 Å². The van der Waals surface area contributed by atoms with Crippen LogP contribution in [0.1, 0.15) is 36.7 Å². The highest BCUT2D eigenvalue weighted by Crippen LogP contribution is 2.24. The smallest absolute Gasteiger partial charge is 0.277 e. The van der Waals surface area contributed by atoms with E-state index in [4.69, 9.17) is 4.84 Å². The minimum atomic E-state index is -3.70. The molecule has 0 heterocycles. The highest BCUT2D eigenvalue weighted by Gasteiger charge is 2.18. The summed E-state index contributed by atoms with van der Waals surface area (Å²) in [6.07, 6.45) is 0. The molecule has 0 saturated carbocycles. The van der Waals surface area contributed by atoms with E-state index in [0.717, 1.165) is 10.6 Å². The summed E-state index contributed by atoms with van der Waals surface area (Å²) in [5.41, 5.74) is 1.78. The normalized spacial score (nSPS) is 11.9. The summed E-state index contributed by atoms with van der Waals surface area (Å²) in [6.45, 7) is 6.20. The molecule has 0 aliphatic carbocycles. The van der Waals surface area contributed by atoms with E-state index in [1.54, 1.807) is 24.3 Å². The molecule has 2 rings (SSSR count). The predicted molar refractivity (Wildman–Crippen MR) is 101 cm³/mol. The number of hydrogen-bond acceptors (Lipinski definition) is 4. The van der Waals surface area contributed by atoms with Crippen LogP contribution in [0.5, 0.6) is 0 Å². The second-order valence-electron chi connectivity index (χ2n) is 6.94. The monoisotopic (exact) mass is 376 g/mol. The topological polar surface area (TPSA) is 75.7 Å². The zero-order valence-corrected chi connectivity index (χ0v) is 16.4. The molecule has 26 heavy (non-hydrogen) atoms. The zero-order valence-electron chi connectivity index (χ0n) is 15.6. The Morgan fingerprint density at radius 1 is 1.00 bits per heavy atom. The molecular weight excluding hydrogens is 352 g/mol. The van der Waals surface area contributed by atoms with Gasteiger partial charge in [0, 0.05) is 18.3 Å². The Bertz CT molecular complexity index is 867. The van der Waals surface area contributed by atoms with E-state index in [9.17, 15) is 13.2 Å². The van der Waals surface area contributed by atoms with Crippen molar-refractivity contribution < 1.29 is 18.0 Å². The second kappa shape index (κ2) is 7.47. The molecular formula is C19H24N2O4S. The van der Waals surface area contributed by atoms with Crippen molar-refractivity contribution >= 4 is 21.6 Å². The van der Waals surface area contributed by atoms with Crippen LogP contribution in [0.3, 0.4) is 0 Å². The lowest BCUT2D eigenvalue weighted by molar-refractivity contribution is -0.0756. The van der Waals surface area contributed by atoms with E-state index in [2.05, 4.69) is 25.5 Å². The van der Waals surface area contributed by atoms with Gasteiger partial charge in [-0.25, -0.2) is 13.5 Å². The van der Waals surface area contributed by atoms with Crippen LogP contribution in [0.4, 0.5) is 5.69 Å². The third-order valence-electron chi connectivity index (χ3n) is 3.97. The number of hydrogen-bond donors (Lipinski definition) is 1. The molecule has 7 heteroatoms. The van der Waals surface area contributed by atoms with Gasteiger partial charge >= 0.3 is 0 Å². The second-order valence-corrected chi connectivity index (χ2v) is 8.62. The third kappa shape index (κ3) is 4.62. The van der Waals surface area contributed by atoms with E-state index in [1.807, 2.05) is 12.1 Å². The minimum absolute atomic E-state index is 0.0482. The first-order valence-corrected chi connectivity index (χ1v) is 9.58. The SMILES string of the molecule is CON(C)C(=O)c1ccc(NS(=O)(=O)c2ccc(C(C)(C)C)cc2)cc1. The van der Waals surface area contributed by atoms with Gasteiger partial charge in [-0.1, -0.05) is 32.9 Å². The lowest BCUT2D eigenvalue weighted by atomic mass is 9.87. The van der Waals surface area contributed by atoms with Gasteiger partial charge in [0.15, 0.2) is 0 Å². The molecule has 0 aliphatic heterocycles. The third-order valence-corrected chi connectivity index (χ3v) is 5.37. The zero-order chi connectivity index (χ0) is 19.5. The van der Waals surface area contributed by atoms with Gasteiger partial charge in [-0.15, -0.1) is 0 Å². The van der Waals surface area contributed by atoms with Gasteiger partial charge in [-0.2, -0.15) is 0 Å². The number of nitrogens with one attached hydrogen (secondary N) is 1. The predicted octanol–water partition coefficient (Wildman–Crippen LogP) is 3.42. The maximum Gasteiger partial charge on any atom is 0.277 e.